The summed E-state index contributed by atoms with van der Waals surface area (Å²) in [6.45, 7) is 1.63. The van der Waals surface area contributed by atoms with Crippen molar-refractivity contribution >= 4 is 22.4 Å². The molecular weight excluding hydrogens is 350 g/mol. The first-order chi connectivity index (χ1) is 11.1. The van der Waals surface area contributed by atoms with Gasteiger partial charge in [0, 0.05) is 32.0 Å². The maximum atomic E-state index is 13.0. The summed E-state index contributed by atoms with van der Waals surface area (Å²) < 4.78 is 32.7. The summed E-state index contributed by atoms with van der Waals surface area (Å²) in [7, 11) is -2.02. The molecule has 0 amide bonds. The number of benzene rings is 1. The third kappa shape index (κ3) is 3.70. The summed E-state index contributed by atoms with van der Waals surface area (Å²) in [5.74, 6) is 0.632. The highest BCUT2D eigenvalue weighted by Crippen LogP contribution is 2.29. The van der Waals surface area contributed by atoms with E-state index in [1.165, 1.54) is 0 Å². The Kier molecular flexibility index (Phi) is 6.17. The minimum atomic E-state index is -3.57. The summed E-state index contributed by atoms with van der Waals surface area (Å²) in [4.78, 5) is 4.38. The van der Waals surface area contributed by atoms with Crippen molar-refractivity contribution in [2.24, 2.45) is 0 Å². The zero-order valence-electron chi connectivity index (χ0n) is 13.3. The fourth-order valence-electron chi connectivity index (χ4n) is 2.71. The highest BCUT2D eigenvalue weighted by Gasteiger charge is 2.34. The molecule has 8 heteroatoms. The summed E-state index contributed by atoms with van der Waals surface area (Å²) >= 11 is 0. The number of nitrogens with one attached hydrogen (secondary N) is 1. The second-order valence-electron chi connectivity index (χ2n) is 5.30. The monoisotopic (exact) mass is 369 g/mol. The molecule has 24 heavy (non-hydrogen) atoms. The standard InChI is InChI=1S/C16H19N3O3S.ClH/c1-22-14-4-6-15(7-5-14)23(20,21)19-10-9-18-12-16(19)13-3-2-8-17-11-13;/h2-8,11,16,18H,9-10,12H2,1H3;1H. The Bertz CT molecular complexity index is 754. The Hall–Kier alpha value is -1.67. The second kappa shape index (κ2) is 7.94. The molecule has 0 radical (unpaired) electrons. The SMILES string of the molecule is COc1ccc(S(=O)(=O)N2CCNCC2c2cccnc2)cc1.Cl. The van der Waals surface area contributed by atoms with Gasteiger partial charge in [-0.2, -0.15) is 4.31 Å². The van der Waals surface area contributed by atoms with Crippen molar-refractivity contribution in [2.45, 2.75) is 10.9 Å². The Balaban J connectivity index is 0.00000208. The van der Waals surface area contributed by atoms with E-state index in [0.717, 1.165) is 5.56 Å². The summed E-state index contributed by atoms with van der Waals surface area (Å²) in [5, 5.41) is 3.25. The molecule has 1 N–H and O–H groups in total. The maximum Gasteiger partial charge on any atom is 0.243 e. The van der Waals surface area contributed by atoms with Crippen molar-refractivity contribution < 1.29 is 13.2 Å². The number of hydrogen-bond donors (Lipinski definition) is 1. The van der Waals surface area contributed by atoms with Crippen LogP contribution in [-0.2, 0) is 10.0 Å². The fraction of sp³-hybridized carbons (Fsp3) is 0.312. The van der Waals surface area contributed by atoms with Gasteiger partial charge in [0.05, 0.1) is 18.0 Å². The first kappa shape index (κ1) is 18.7. The Morgan fingerprint density at radius 3 is 2.62 bits per heavy atom. The smallest absolute Gasteiger partial charge is 0.243 e. The van der Waals surface area contributed by atoms with E-state index in [0.29, 0.717) is 25.4 Å². The third-order valence-corrected chi connectivity index (χ3v) is 5.85. The van der Waals surface area contributed by atoms with Gasteiger partial charge in [0.2, 0.25) is 10.0 Å². The van der Waals surface area contributed by atoms with E-state index in [9.17, 15) is 8.42 Å². The van der Waals surface area contributed by atoms with Crippen LogP contribution in [0.1, 0.15) is 11.6 Å². The van der Waals surface area contributed by atoms with E-state index in [1.807, 2.05) is 12.1 Å². The Labute approximate surface area is 148 Å². The van der Waals surface area contributed by atoms with Gasteiger partial charge in [0.1, 0.15) is 5.75 Å². The van der Waals surface area contributed by atoms with Crippen molar-refractivity contribution in [3.8, 4) is 5.75 Å². The lowest BCUT2D eigenvalue weighted by Crippen LogP contribution is -2.48. The quantitative estimate of drug-likeness (QED) is 0.890. The molecule has 0 aliphatic carbocycles. The lowest BCUT2D eigenvalue weighted by atomic mass is 10.1. The minimum Gasteiger partial charge on any atom is -0.497 e. The van der Waals surface area contributed by atoms with E-state index < -0.39 is 10.0 Å². The fourth-order valence-corrected chi connectivity index (χ4v) is 4.33. The van der Waals surface area contributed by atoms with Gasteiger partial charge in [-0.3, -0.25) is 4.98 Å². The van der Waals surface area contributed by atoms with Crippen molar-refractivity contribution in [3.05, 3.63) is 54.4 Å². The minimum absolute atomic E-state index is 0. The maximum absolute atomic E-state index is 13.0. The molecule has 2 heterocycles. The van der Waals surface area contributed by atoms with Gasteiger partial charge in [0.25, 0.3) is 0 Å². The first-order valence-electron chi connectivity index (χ1n) is 7.39. The third-order valence-electron chi connectivity index (χ3n) is 3.93. The molecule has 1 atom stereocenters. The molecule has 1 aliphatic heterocycles. The normalized spacial score (nSPS) is 18.6. The summed E-state index contributed by atoms with van der Waals surface area (Å²) in [6, 6.07) is 9.95. The van der Waals surface area contributed by atoms with E-state index in [1.54, 1.807) is 48.1 Å². The Morgan fingerprint density at radius 1 is 1.25 bits per heavy atom. The van der Waals surface area contributed by atoms with Crippen LogP contribution < -0.4 is 10.1 Å². The van der Waals surface area contributed by atoms with Crippen LogP contribution in [0.25, 0.3) is 0 Å². The molecule has 0 saturated carbocycles. The number of methoxy groups -OCH3 is 1. The van der Waals surface area contributed by atoms with Crippen LogP contribution in [0.2, 0.25) is 0 Å². The Morgan fingerprint density at radius 2 is 2.00 bits per heavy atom. The molecule has 1 aliphatic rings. The van der Waals surface area contributed by atoms with E-state index in [4.69, 9.17) is 4.74 Å². The van der Waals surface area contributed by atoms with Gasteiger partial charge in [-0.15, -0.1) is 12.4 Å². The number of piperazine rings is 1. The molecule has 1 fully saturated rings. The molecule has 2 aromatic rings. The van der Waals surface area contributed by atoms with Crippen LogP contribution in [-0.4, -0.2) is 44.5 Å². The lowest BCUT2D eigenvalue weighted by Gasteiger charge is -2.35. The highest BCUT2D eigenvalue weighted by molar-refractivity contribution is 7.89. The van der Waals surface area contributed by atoms with Gasteiger partial charge in [-0.05, 0) is 35.9 Å². The topological polar surface area (TPSA) is 71.5 Å². The highest BCUT2D eigenvalue weighted by atomic mass is 35.5. The van der Waals surface area contributed by atoms with Crippen LogP contribution in [0, 0.1) is 0 Å². The summed E-state index contributed by atoms with van der Waals surface area (Å²) in [5.41, 5.74) is 0.886. The summed E-state index contributed by atoms with van der Waals surface area (Å²) in [6.07, 6.45) is 3.40. The molecular formula is C16H20ClN3O3S. The number of nitrogens with zero attached hydrogens (tertiary/aromatic N) is 2. The number of sulfonamides is 1. The van der Waals surface area contributed by atoms with Crippen LogP contribution in [0.15, 0.2) is 53.7 Å². The van der Waals surface area contributed by atoms with E-state index >= 15 is 0 Å². The van der Waals surface area contributed by atoms with E-state index in [-0.39, 0.29) is 23.3 Å². The number of pyridine rings is 1. The number of ether oxygens (including phenoxy) is 1. The predicted octanol–water partition coefficient (Wildman–Crippen LogP) is 1.85. The molecule has 0 bridgehead atoms. The van der Waals surface area contributed by atoms with Crippen LogP contribution in [0.3, 0.4) is 0 Å². The van der Waals surface area contributed by atoms with Crippen LogP contribution in [0.5, 0.6) is 5.75 Å². The largest absolute Gasteiger partial charge is 0.497 e. The van der Waals surface area contributed by atoms with E-state index in [2.05, 4.69) is 10.3 Å². The molecule has 1 saturated heterocycles. The molecule has 6 nitrogen and oxygen atoms in total. The van der Waals surface area contributed by atoms with Gasteiger partial charge in [-0.25, -0.2) is 8.42 Å². The number of rotatable bonds is 4. The number of aromatic nitrogens is 1. The van der Waals surface area contributed by atoms with Gasteiger partial charge >= 0.3 is 0 Å². The molecule has 1 aromatic heterocycles. The van der Waals surface area contributed by atoms with Crippen molar-refractivity contribution in [3.63, 3.8) is 0 Å². The number of halogens is 1. The lowest BCUT2D eigenvalue weighted by molar-refractivity contribution is 0.271. The average Bonchev–Trinajstić information content (AvgIpc) is 2.62. The van der Waals surface area contributed by atoms with Crippen molar-refractivity contribution in [1.29, 1.82) is 0 Å². The zero-order chi connectivity index (χ0) is 16.3. The van der Waals surface area contributed by atoms with Gasteiger partial charge in [-0.1, -0.05) is 6.07 Å². The average molecular weight is 370 g/mol. The van der Waals surface area contributed by atoms with Crippen molar-refractivity contribution in [2.75, 3.05) is 26.7 Å². The van der Waals surface area contributed by atoms with Gasteiger partial charge in [0.15, 0.2) is 0 Å². The second-order valence-corrected chi connectivity index (χ2v) is 7.19. The van der Waals surface area contributed by atoms with Crippen LogP contribution >= 0.6 is 12.4 Å². The zero-order valence-corrected chi connectivity index (χ0v) is 14.9. The molecule has 1 aromatic carbocycles. The molecule has 0 spiro atoms. The number of hydrogen-bond acceptors (Lipinski definition) is 5. The first-order valence-corrected chi connectivity index (χ1v) is 8.83. The molecule has 3 rings (SSSR count). The molecule has 130 valence electrons. The van der Waals surface area contributed by atoms with Crippen molar-refractivity contribution in [1.82, 2.24) is 14.6 Å². The predicted molar refractivity (Wildman–Crippen MR) is 94.0 cm³/mol. The molecule has 1 unspecified atom stereocenters. The van der Waals surface area contributed by atoms with Gasteiger partial charge < -0.3 is 10.1 Å². The van der Waals surface area contributed by atoms with Crippen LogP contribution in [0.4, 0.5) is 0 Å².